The Balaban J connectivity index is 1.72. The number of nitrogens with zero attached hydrogens (tertiary/aromatic N) is 4. The first-order valence-electron chi connectivity index (χ1n) is 9.80. The highest BCUT2D eigenvalue weighted by atomic mass is 32.1. The molecule has 162 valence electrons. The molecule has 0 aliphatic carbocycles. The van der Waals surface area contributed by atoms with Crippen molar-refractivity contribution in [1.82, 2.24) is 4.98 Å². The summed E-state index contributed by atoms with van der Waals surface area (Å²) in [6.45, 7) is 0. The lowest BCUT2D eigenvalue weighted by Crippen LogP contribution is -2.25. The Morgan fingerprint density at radius 2 is 1.78 bits per heavy atom. The van der Waals surface area contributed by atoms with Crippen LogP contribution in [0.15, 0.2) is 71.8 Å². The average molecular weight is 449 g/mol. The molecule has 0 saturated carbocycles. The van der Waals surface area contributed by atoms with Gasteiger partial charge in [0.1, 0.15) is 11.6 Å². The number of halogens is 1. The standard InChI is InChI=1S/C24H21FN4O2S/c1-28(2)19-9-6-17(7-10-19)23(30)29(26-15-16-4-11-20(31-3)12-5-16)24-27-21-13-8-18(25)14-22(21)32-24/h4-15H,1-3H3/b26-15+. The molecule has 0 unspecified atom stereocenters. The molecule has 4 aromatic rings. The average Bonchev–Trinajstić information content (AvgIpc) is 3.22. The van der Waals surface area contributed by atoms with Gasteiger partial charge in [-0.15, -0.1) is 0 Å². The summed E-state index contributed by atoms with van der Waals surface area (Å²) < 4.78 is 19.5. The van der Waals surface area contributed by atoms with Gasteiger partial charge in [-0.2, -0.15) is 10.1 Å². The first-order chi connectivity index (χ1) is 15.4. The number of thiazole rings is 1. The van der Waals surface area contributed by atoms with E-state index in [9.17, 15) is 9.18 Å². The molecule has 0 aliphatic heterocycles. The van der Waals surface area contributed by atoms with Gasteiger partial charge in [0, 0.05) is 25.3 Å². The third-order valence-electron chi connectivity index (χ3n) is 4.78. The SMILES string of the molecule is COc1ccc(/C=N/N(C(=O)c2ccc(N(C)C)cc2)c2nc3ccc(F)cc3s2)cc1. The van der Waals surface area contributed by atoms with Crippen molar-refractivity contribution in [3.63, 3.8) is 0 Å². The van der Waals surface area contributed by atoms with Gasteiger partial charge in [-0.25, -0.2) is 9.37 Å². The lowest BCUT2D eigenvalue weighted by atomic mass is 10.2. The Bertz CT molecular complexity index is 1270. The van der Waals surface area contributed by atoms with Crippen molar-refractivity contribution < 1.29 is 13.9 Å². The van der Waals surface area contributed by atoms with E-state index in [1.165, 1.54) is 28.5 Å². The molecule has 0 bridgehead atoms. The van der Waals surface area contributed by atoms with Gasteiger partial charge >= 0.3 is 0 Å². The van der Waals surface area contributed by atoms with E-state index in [0.29, 0.717) is 20.9 Å². The van der Waals surface area contributed by atoms with Gasteiger partial charge in [0.2, 0.25) is 5.13 Å². The molecule has 0 N–H and O–H groups in total. The minimum atomic E-state index is -0.355. The number of amides is 1. The van der Waals surface area contributed by atoms with Crippen LogP contribution in [0.1, 0.15) is 15.9 Å². The van der Waals surface area contributed by atoms with E-state index in [2.05, 4.69) is 10.1 Å². The van der Waals surface area contributed by atoms with Crippen molar-refractivity contribution in [3.05, 3.63) is 83.7 Å². The monoisotopic (exact) mass is 448 g/mol. The molecule has 6 nitrogen and oxygen atoms in total. The summed E-state index contributed by atoms with van der Waals surface area (Å²) in [6, 6.07) is 18.9. The first-order valence-corrected chi connectivity index (χ1v) is 10.6. The van der Waals surface area contributed by atoms with Crippen LogP contribution in [0.4, 0.5) is 15.2 Å². The zero-order chi connectivity index (χ0) is 22.7. The summed E-state index contributed by atoms with van der Waals surface area (Å²) in [6.07, 6.45) is 1.58. The van der Waals surface area contributed by atoms with Gasteiger partial charge in [-0.05, 0) is 72.3 Å². The van der Waals surface area contributed by atoms with Crippen LogP contribution in [0, 0.1) is 5.82 Å². The Hall–Kier alpha value is -3.78. The number of fused-ring (bicyclic) bond motifs is 1. The summed E-state index contributed by atoms with van der Waals surface area (Å²) in [5, 5.41) is 6.04. The van der Waals surface area contributed by atoms with Crippen molar-refractivity contribution in [2.75, 3.05) is 31.1 Å². The molecule has 32 heavy (non-hydrogen) atoms. The molecule has 0 spiro atoms. The lowest BCUT2D eigenvalue weighted by Gasteiger charge is -2.16. The highest BCUT2D eigenvalue weighted by Gasteiger charge is 2.21. The maximum atomic E-state index is 13.7. The lowest BCUT2D eigenvalue weighted by molar-refractivity contribution is 0.0988. The number of hydrazone groups is 1. The van der Waals surface area contributed by atoms with E-state index >= 15 is 0 Å². The Morgan fingerprint density at radius 3 is 2.44 bits per heavy atom. The van der Waals surface area contributed by atoms with E-state index in [1.54, 1.807) is 31.5 Å². The van der Waals surface area contributed by atoms with E-state index in [4.69, 9.17) is 4.74 Å². The minimum absolute atomic E-state index is 0.334. The van der Waals surface area contributed by atoms with Crippen molar-refractivity contribution in [2.24, 2.45) is 5.10 Å². The number of ether oxygens (including phenoxy) is 1. The Kier molecular flexibility index (Phi) is 6.13. The predicted octanol–water partition coefficient (Wildman–Crippen LogP) is 5.19. The van der Waals surface area contributed by atoms with E-state index in [-0.39, 0.29) is 11.7 Å². The number of methoxy groups -OCH3 is 1. The molecule has 0 saturated heterocycles. The molecule has 3 aromatic carbocycles. The molecule has 1 aromatic heterocycles. The molecule has 0 atom stereocenters. The summed E-state index contributed by atoms with van der Waals surface area (Å²) >= 11 is 1.20. The second-order valence-corrected chi connectivity index (χ2v) is 8.19. The number of carbonyl (C=O) groups excluding carboxylic acids is 1. The fraction of sp³-hybridized carbons (Fsp3) is 0.125. The second-order valence-electron chi connectivity index (χ2n) is 7.18. The van der Waals surface area contributed by atoms with Crippen LogP contribution in [0.5, 0.6) is 5.75 Å². The van der Waals surface area contributed by atoms with Gasteiger partial charge in [-0.1, -0.05) is 11.3 Å². The zero-order valence-electron chi connectivity index (χ0n) is 17.8. The van der Waals surface area contributed by atoms with E-state index in [1.807, 2.05) is 55.4 Å². The van der Waals surface area contributed by atoms with Gasteiger partial charge in [0.15, 0.2) is 0 Å². The van der Waals surface area contributed by atoms with Gasteiger partial charge in [0.05, 0.1) is 23.5 Å². The van der Waals surface area contributed by atoms with Gasteiger partial charge in [-0.3, -0.25) is 4.79 Å². The van der Waals surface area contributed by atoms with Crippen LogP contribution in [0.25, 0.3) is 10.2 Å². The number of carbonyl (C=O) groups is 1. The number of rotatable bonds is 6. The number of anilines is 2. The smallest absolute Gasteiger partial charge is 0.280 e. The second kappa shape index (κ2) is 9.15. The molecule has 1 heterocycles. The summed E-state index contributed by atoms with van der Waals surface area (Å²) in [7, 11) is 5.46. The van der Waals surface area contributed by atoms with Crippen LogP contribution >= 0.6 is 11.3 Å². The van der Waals surface area contributed by atoms with Gasteiger partial charge in [0.25, 0.3) is 5.91 Å². The molecule has 0 radical (unpaired) electrons. The van der Waals surface area contributed by atoms with Crippen molar-refractivity contribution >= 4 is 44.5 Å². The van der Waals surface area contributed by atoms with E-state index < -0.39 is 0 Å². The van der Waals surface area contributed by atoms with Crippen LogP contribution in [-0.4, -0.2) is 38.3 Å². The number of benzene rings is 3. The maximum absolute atomic E-state index is 13.7. The number of hydrogen-bond acceptors (Lipinski definition) is 6. The molecular weight excluding hydrogens is 427 g/mol. The van der Waals surface area contributed by atoms with Crippen LogP contribution in [0.2, 0.25) is 0 Å². The third-order valence-corrected chi connectivity index (χ3v) is 5.78. The normalized spacial score (nSPS) is 11.1. The fourth-order valence-corrected chi connectivity index (χ4v) is 3.95. The maximum Gasteiger partial charge on any atom is 0.280 e. The Morgan fingerprint density at radius 1 is 1.06 bits per heavy atom. The quantitative estimate of drug-likeness (QED) is 0.301. The highest BCUT2D eigenvalue weighted by molar-refractivity contribution is 7.22. The zero-order valence-corrected chi connectivity index (χ0v) is 18.6. The Labute approximate surface area is 189 Å². The van der Waals surface area contributed by atoms with Crippen LogP contribution in [-0.2, 0) is 0 Å². The summed E-state index contributed by atoms with van der Waals surface area (Å²) in [4.78, 5) is 19.8. The largest absolute Gasteiger partial charge is 0.497 e. The molecule has 1 amide bonds. The highest BCUT2D eigenvalue weighted by Crippen LogP contribution is 2.31. The van der Waals surface area contributed by atoms with Crippen molar-refractivity contribution in [1.29, 1.82) is 0 Å². The van der Waals surface area contributed by atoms with Crippen LogP contribution < -0.4 is 14.6 Å². The molecular formula is C24H21FN4O2S. The number of hydrogen-bond donors (Lipinski definition) is 0. The molecule has 4 rings (SSSR count). The molecule has 0 fully saturated rings. The first kappa shape index (κ1) is 21.5. The van der Waals surface area contributed by atoms with Crippen molar-refractivity contribution in [3.8, 4) is 5.75 Å². The molecule has 8 heteroatoms. The molecule has 0 aliphatic rings. The number of aromatic nitrogens is 1. The fourth-order valence-electron chi connectivity index (χ4n) is 3.00. The van der Waals surface area contributed by atoms with E-state index in [0.717, 1.165) is 17.0 Å². The van der Waals surface area contributed by atoms with Crippen molar-refractivity contribution in [2.45, 2.75) is 0 Å². The topological polar surface area (TPSA) is 58.0 Å². The van der Waals surface area contributed by atoms with Gasteiger partial charge < -0.3 is 9.64 Å². The minimum Gasteiger partial charge on any atom is -0.497 e. The summed E-state index contributed by atoms with van der Waals surface area (Å²) in [5.74, 6) is 0.0374. The predicted molar refractivity (Wildman–Crippen MR) is 128 cm³/mol. The van der Waals surface area contributed by atoms with Crippen LogP contribution in [0.3, 0.4) is 0 Å². The summed E-state index contributed by atoms with van der Waals surface area (Å²) in [5.41, 5.74) is 2.84. The third kappa shape index (κ3) is 4.60.